The lowest BCUT2D eigenvalue weighted by Crippen LogP contribution is -2.72. The van der Waals surface area contributed by atoms with E-state index in [1.54, 1.807) is 36.7 Å². The highest BCUT2D eigenvalue weighted by Gasteiger charge is 2.71. The van der Waals surface area contributed by atoms with E-state index in [0.717, 1.165) is 5.56 Å². The second kappa shape index (κ2) is 11.6. The largest absolute Gasteiger partial charge is 0.482 e. The molecule has 1 saturated heterocycles. The standard InChI is InChI=1S/C39H38FNO8/c1-37-16-15-29-38(2,21-45-36(48-29)22-10-5-4-6-11-22)28(37)19-30(47-34(43)24-13-7-8-14-25(24)40)39(3)33(37)32(42)31-27(49-39)18-26(46-35(31)44)23-12-9-17-41-20-23/h4-14,17-18,20,28-30,32-33,36,42H,15-16,19,21H2,1-3H3/t28?,29-,30-,32-,33?,36?,37-,38-,39+/m0/s1. The fraction of sp³-hybridized carbons (Fsp3) is 0.410. The quantitative estimate of drug-likeness (QED) is 0.234. The van der Waals surface area contributed by atoms with Gasteiger partial charge in [-0.05, 0) is 61.8 Å². The molecule has 0 spiro atoms. The van der Waals surface area contributed by atoms with Gasteiger partial charge in [0.05, 0.1) is 24.4 Å². The Hall–Kier alpha value is -4.38. The summed E-state index contributed by atoms with van der Waals surface area (Å²) in [6, 6.07) is 20.5. The number of esters is 1. The maximum Gasteiger partial charge on any atom is 0.345 e. The Labute approximate surface area is 283 Å². The van der Waals surface area contributed by atoms with Gasteiger partial charge in [0, 0.05) is 40.9 Å². The Morgan fingerprint density at radius 1 is 1.02 bits per heavy atom. The zero-order valence-electron chi connectivity index (χ0n) is 27.5. The van der Waals surface area contributed by atoms with Crippen LogP contribution in [0, 0.1) is 28.5 Å². The number of hydrogen-bond acceptors (Lipinski definition) is 9. The summed E-state index contributed by atoms with van der Waals surface area (Å²) < 4.78 is 46.7. The summed E-state index contributed by atoms with van der Waals surface area (Å²) in [6.07, 6.45) is 1.84. The third-order valence-corrected chi connectivity index (χ3v) is 11.8. The first-order valence-corrected chi connectivity index (χ1v) is 16.8. The van der Waals surface area contributed by atoms with Gasteiger partial charge in [-0.1, -0.05) is 56.3 Å². The number of benzene rings is 2. The number of halogens is 1. The van der Waals surface area contributed by atoms with Crippen LogP contribution < -0.4 is 10.4 Å². The first-order chi connectivity index (χ1) is 23.5. The van der Waals surface area contributed by atoms with Gasteiger partial charge >= 0.3 is 11.6 Å². The van der Waals surface area contributed by atoms with Crippen LogP contribution in [0.4, 0.5) is 4.39 Å². The van der Waals surface area contributed by atoms with Gasteiger partial charge in [0.2, 0.25) is 0 Å². The van der Waals surface area contributed by atoms with Gasteiger partial charge in [0.1, 0.15) is 34.6 Å². The summed E-state index contributed by atoms with van der Waals surface area (Å²) in [4.78, 5) is 31.5. The molecule has 2 saturated carbocycles. The van der Waals surface area contributed by atoms with Crippen molar-refractivity contribution < 1.29 is 37.7 Å². The third kappa shape index (κ3) is 4.94. The molecule has 0 amide bonds. The predicted octanol–water partition coefficient (Wildman–Crippen LogP) is 6.81. The molecule has 4 aromatic rings. The first kappa shape index (κ1) is 31.9. The number of ether oxygens (including phenoxy) is 4. The molecule has 2 aliphatic heterocycles. The molecule has 2 aromatic carbocycles. The highest BCUT2D eigenvalue weighted by Crippen LogP contribution is 2.68. The fourth-order valence-corrected chi connectivity index (χ4v) is 9.46. The van der Waals surface area contributed by atoms with Gasteiger partial charge in [0.15, 0.2) is 6.29 Å². The van der Waals surface area contributed by atoms with Crippen LogP contribution in [0.1, 0.15) is 73.9 Å². The number of aliphatic hydroxyl groups is 1. The van der Waals surface area contributed by atoms with E-state index >= 15 is 0 Å². The average Bonchev–Trinajstić information content (AvgIpc) is 3.09. The third-order valence-electron chi connectivity index (χ3n) is 11.8. The van der Waals surface area contributed by atoms with Crippen molar-refractivity contribution in [1.82, 2.24) is 4.98 Å². The molecular weight excluding hydrogens is 629 g/mol. The van der Waals surface area contributed by atoms with Crippen molar-refractivity contribution >= 4 is 5.97 Å². The Bertz CT molecular complexity index is 1950. The van der Waals surface area contributed by atoms with E-state index in [1.807, 2.05) is 37.3 Å². The van der Waals surface area contributed by atoms with E-state index in [1.165, 1.54) is 18.2 Å². The van der Waals surface area contributed by atoms with Crippen molar-refractivity contribution in [3.05, 3.63) is 118 Å². The number of aromatic nitrogens is 1. The topological polar surface area (TPSA) is 117 Å². The second-order valence-electron chi connectivity index (χ2n) is 14.5. The van der Waals surface area contributed by atoms with Crippen LogP contribution in [0.3, 0.4) is 0 Å². The number of pyridine rings is 1. The van der Waals surface area contributed by atoms with Gasteiger partial charge in [-0.15, -0.1) is 0 Å². The maximum absolute atomic E-state index is 14.9. The van der Waals surface area contributed by atoms with E-state index in [0.29, 0.717) is 31.4 Å². The van der Waals surface area contributed by atoms with E-state index in [9.17, 15) is 19.1 Å². The first-order valence-electron chi connectivity index (χ1n) is 16.8. The van der Waals surface area contributed by atoms with Crippen molar-refractivity contribution in [1.29, 1.82) is 0 Å². The van der Waals surface area contributed by atoms with Crippen molar-refractivity contribution in [2.75, 3.05) is 6.61 Å². The van der Waals surface area contributed by atoms with E-state index in [4.69, 9.17) is 23.4 Å². The monoisotopic (exact) mass is 667 g/mol. The van der Waals surface area contributed by atoms with E-state index in [-0.39, 0.29) is 34.7 Å². The Kier molecular flexibility index (Phi) is 7.55. The summed E-state index contributed by atoms with van der Waals surface area (Å²) in [5.74, 6) is -2.10. The number of nitrogens with zero attached hydrogens (tertiary/aromatic N) is 1. The minimum atomic E-state index is -1.32. The summed E-state index contributed by atoms with van der Waals surface area (Å²) >= 11 is 0. The summed E-state index contributed by atoms with van der Waals surface area (Å²) in [5.41, 5.74) is -1.91. The zero-order chi connectivity index (χ0) is 34.1. The number of hydrogen-bond donors (Lipinski definition) is 1. The number of aliphatic hydroxyl groups excluding tert-OH is 1. The maximum atomic E-state index is 14.9. The van der Waals surface area contributed by atoms with Crippen LogP contribution in [0.25, 0.3) is 11.3 Å². The van der Waals surface area contributed by atoms with Crippen LogP contribution in [0.2, 0.25) is 0 Å². The Morgan fingerprint density at radius 2 is 1.80 bits per heavy atom. The molecule has 4 heterocycles. The van der Waals surface area contributed by atoms with Crippen LogP contribution in [0.15, 0.2) is 94.4 Å². The molecule has 8 rings (SSSR count). The highest BCUT2D eigenvalue weighted by atomic mass is 19.1. The van der Waals surface area contributed by atoms with E-state index in [2.05, 4.69) is 18.8 Å². The SMILES string of the molecule is C[C@]12CC[C@@H]3OC(c4ccccc4)OC[C@@]3(C)C1C[C@H](OC(=O)c1ccccc1F)[C@@]1(C)Oc3cc(-c4cccnc4)oc(=O)c3[C@H](O)C21. The lowest BCUT2D eigenvalue weighted by molar-refractivity contribution is -0.330. The van der Waals surface area contributed by atoms with Crippen LogP contribution in [0.5, 0.6) is 5.75 Å². The molecule has 2 aromatic heterocycles. The smallest absolute Gasteiger partial charge is 0.345 e. The molecule has 1 N–H and O–H groups in total. The normalized spacial score (nSPS) is 34.7. The molecule has 3 unspecified atom stereocenters. The minimum absolute atomic E-state index is 0.0173. The zero-order valence-corrected chi connectivity index (χ0v) is 27.5. The molecule has 0 bridgehead atoms. The molecule has 49 heavy (non-hydrogen) atoms. The van der Waals surface area contributed by atoms with E-state index < -0.39 is 58.3 Å². The minimum Gasteiger partial charge on any atom is -0.482 e. The van der Waals surface area contributed by atoms with Gasteiger partial charge < -0.3 is 28.5 Å². The van der Waals surface area contributed by atoms with Gasteiger partial charge in [-0.25, -0.2) is 14.0 Å². The molecule has 9 nitrogen and oxygen atoms in total. The lowest BCUT2D eigenvalue weighted by Gasteiger charge is -2.67. The summed E-state index contributed by atoms with van der Waals surface area (Å²) in [5, 5.41) is 12.3. The fourth-order valence-electron chi connectivity index (χ4n) is 9.46. The molecule has 3 fully saturated rings. The lowest BCUT2D eigenvalue weighted by atomic mass is 9.42. The summed E-state index contributed by atoms with van der Waals surface area (Å²) in [6.45, 7) is 6.41. The van der Waals surface area contributed by atoms with Crippen LogP contribution >= 0.6 is 0 Å². The molecule has 4 aliphatic rings. The molecule has 10 heteroatoms. The molecule has 0 radical (unpaired) electrons. The second-order valence-corrected chi connectivity index (χ2v) is 14.5. The number of rotatable bonds is 4. The van der Waals surface area contributed by atoms with Crippen molar-refractivity contribution in [3.8, 4) is 17.1 Å². The van der Waals surface area contributed by atoms with Crippen LogP contribution in [-0.4, -0.2) is 40.5 Å². The highest BCUT2D eigenvalue weighted by molar-refractivity contribution is 5.89. The Balaban J connectivity index is 1.22. The molecular formula is C39H38FNO8. The van der Waals surface area contributed by atoms with Gasteiger partial charge in [0.25, 0.3) is 0 Å². The average molecular weight is 668 g/mol. The molecule has 254 valence electrons. The molecule has 2 aliphatic carbocycles. The summed E-state index contributed by atoms with van der Waals surface area (Å²) in [7, 11) is 0. The number of carbonyl (C=O) groups excluding carboxylic acids is 1. The predicted molar refractivity (Wildman–Crippen MR) is 175 cm³/mol. The van der Waals surface area contributed by atoms with Gasteiger partial charge in [-0.2, -0.15) is 0 Å². The van der Waals surface area contributed by atoms with Crippen molar-refractivity contribution in [3.63, 3.8) is 0 Å². The number of fused-ring (bicyclic) bond motifs is 6. The number of carbonyl (C=O) groups is 1. The van der Waals surface area contributed by atoms with Gasteiger partial charge in [-0.3, -0.25) is 4.98 Å². The molecule has 9 atom stereocenters. The van der Waals surface area contributed by atoms with Crippen molar-refractivity contribution in [2.24, 2.45) is 22.7 Å². The van der Waals surface area contributed by atoms with Crippen molar-refractivity contribution in [2.45, 2.75) is 70.2 Å². The Morgan fingerprint density at radius 3 is 2.55 bits per heavy atom. The van der Waals surface area contributed by atoms with Crippen LogP contribution in [-0.2, 0) is 14.2 Å².